The van der Waals surface area contributed by atoms with Gasteiger partial charge in [-0.3, -0.25) is 14.4 Å². The molecule has 11 nitrogen and oxygen atoms in total. The maximum Gasteiger partial charge on any atom is 0.318 e. The van der Waals surface area contributed by atoms with Gasteiger partial charge in [0, 0.05) is 13.1 Å². The SMILES string of the molecule is CCCCC(NC(=O)C1(NC(=O)N2CCOCC2)CCCCC1)C(=O)C(=O)NCC1(C)OCCO1. The first-order valence-electron chi connectivity index (χ1n) is 12.8. The molecule has 0 radical (unpaired) electrons. The molecule has 3 rings (SSSR count). The number of ketones is 1. The zero-order chi connectivity index (χ0) is 25.3. The average molecular weight is 497 g/mol. The number of urea groups is 1. The summed E-state index contributed by atoms with van der Waals surface area (Å²) in [7, 11) is 0. The van der Waals surface area contributed by atoms with E-state index in [1.165, 1.54) is 0 Å². The lowest BCUT2D eigenvalue weighted by Crippen LogP contribution is -2.64. The number of hydrogen-bond donors (Lipinski definition) is 3. The van der Waals surface area contributed by atoms with Gasteiger partial charge in [0.25, 0.3) is 5.91 Å². The van der Waals surface area contributed by atoms with Gasteiger partial charge in [-0.25, -0.2) is 4.79 Å². The van der Waals surface area contributed by atoms with Crippen LogP contribution in [0, 0.1) is 0 Å². The molecule has 3 fully saturated rings. The third kappa shape index (κ3) is 7.37. The van der Waals surface area contributed by atoms with E-state index in [1.54, 1.807) is 11.8 Å². The molecular formula is C24H40N4O7. The number of unbranched alkanes of at least 4 members (excludes halogenated alkanes) is 1. The second kappa shape index (κ2) is 12.6. The minimum atomic E-state index is -1.10. The summed E-state index contributed by atoms with van der Waals surface area (Å²) in [5.41, 5.74) is -1.10. The van der Waals surface area contributed by atoms with Gasteiger partial charge in [0.05, 0.1) is 39.0 Å². The minimum Gasteiger partial charge on any atom is -0.378 e. The van der Waals surface area contributed by atoms with Crippen LogP contribution in [0.3, 0.4) is 0 Å². The van der Waals surface area contributed by atoms with Crippen molar-refractivity contribution in [2.45, 2.75) is 82.6 Å². The summed E-state index contributed by atoms with van der Waals surface area (Å²) in [5.74, 6) is -2.87. The number of nitrogens with zero attached hydrogens (tertiary/aromatic N) is 1. The van der Waals surface area contributed by atoms with Gasteiger partial charge < -0.3 is 35.1 Å². The first-order chi connectivity index (χ1) is 16.8. The van der Waals surface area contributed by atoms with E-state index in [1.807, 2.05) is 6.92 Å². The highest BCUT2D eigenvalue weighted by atomic mass is 16.7. The maximum absolute atomic E-state index is 13.6. The van der Waals surface area contributed by atoms with E-state index >= 15 is 0 Å². The predicted octanol–water partition coefficient (Wildman–Crippen LogP) is 0.854. The van der Waals surface area contributed by atoms with Gasteiger partial charge in [0.2, 0.25) is 11.7 Å². The first kappa shape index (κ1) is 27.3. The van der Waals surface area contributed by atoms with Crippen LogP contribution in [0.15, 0.2) is 0 Å². The van der Waals surface area contributed by atoms with E-state index in [4.69, 9.17) is 14.2 Å². The topological polar surface area (TPSA) is 135 Å². The number of carbonyl (C=O) groups excluding carboxylic acids is 4. The highest BCUT2D eigenvalue weighted by Gasteiger charge is 2.43. The molecule has 35 heavy (non-hydrogen) atoms. The summed E-state index contributed by atoms with van der Waals surface area (Å²) < 4.78 is 16.3. The quantitative estimate of drug-likeness (QED) is 0.382. The third-order valence-electron chi connectivity index (χ3n) is 6.95. The molecule has 1 aliphatic carbocycles. The predicted molar refractivity (Wildman–Crippen MR) is 127 cm³/mol. The molecule has 1 saturated carbocycles. The zero-order valence-corrected chi connectivity index (χ0v) is 21.0. The molecule has 1 unspecified atom stereocenters. The Hall–Kier alpha value is -2.24. The molecular weight excluding hydrogens is 456 g/mol. The van der Waals surface area contributed by atoms with Crippen molar-refractivity contribution in [3.63, 3.8) is 0 Å². The molecule has 2 aliphatic heterocycles. The molecule has 1 atom stereocenters. The zero-order valence-electron chi connectivity index (χ0n) is 21.0. The number of nitrogens with one attached hydrogen (secondary N) is 3. The number of rotatable bonds is 10. The first-order valence-corrected chi connectivity index (χ1v) is 12.8. The standard InChI is InChI=1S/C24H40N4O7/c1-3-4-8-18(19(29)20(30)25-17-23(2)34-15-16-35-23)26-21(31)24(9-6-5-7-10-24)27-22(32)28-11-13-33-14-12-28/h18H,3-17H2,1-2H3,(H,25,30)(H,26,31)(H,27,32). The van der Waals surface area contributed by atoms with Crippen LogP contribution in [0.2, 0.25) is 0 Å². The van der Waals surface area contributed by atoms with Crippen molar-refractivity contribution in [2.75, 3.05) is 46.1 Å². The lowest BCUT2D eigenvalue weighted by molar-refractivity contribution is -0.150. The molecule has 0 aromatic rings. The normalized spacial score (nSPS) is 22.2. The van der Waals surface area contributed by atoms with Crippen molar-refractivity contribution >= 4 is 23.6 Å². The largest absolute Gasteiger partial charge is 0.378 e. The van der Waals surface area contributed by atoms with Gasteiger partial charge >= 0.3 is 6.03 Å². The molecule has 0 aromatic carbocycles. The number of Topliss-reactive ketones (excluding diaryl/α,β-unsaturated/α-hetero) is 1. The van der Waals surface area contributed by atoms with E-state index in [0.717, 1.165) is 25.7 Å². The van der Waals surface area contributed by atoms with Crippen molar-refractivity contribution < 1.29 is 33.4 Å². The van der Waals surface area contributed by atoms with Gasteiger partial charge in [0.15, 0.2) is 5.79 Å². The summed E-state index contributed by atoms with van der Waals surface area (Å²) in [6.45, 7) is 6.42. The Morgan fingerprint density at radius 2 is 1.63 bits per heavy atom. The van der Waals surface area contributed by atoms with Crippen molar-refractivity contribution in [3.8, 4) is 0 Å². The molecule has 4 amide bonds. The Kier molecular flexibility index (Phi) is 9.88. The van der Waals surface area contributed by atoms with Crippen molar-refractivity contribution in [3.05, 3.63) is 0 Å². The van der Waals surface area contributed by atoms with Crippen LogP contribution in [0.5, 0.6) is 0 Å². The summed E-state index contributed by atoms with van der Waals surface area (Å²) in [6.07, 6.45) is 5.36. The Balaban J connectivity index is 1.66. The summed E-state index contributed by atoms with van der Waals surface area (Å²) >= 11 is 0. The van der Waals surface area contributed by atoms with Gasteiger partial charge in [-0.1, -0.05) is 39.0 Å². The average Bonchev–Trinajstić information content (AvgIpc) is 3.32. The molecule has 11 heteroatoms. The van der Waals surface area contributed by atoms with Crippen LogP contribution < -0.4 is 16.0 Å². The number of amides is 4. The smallest absolute Gasteiger partial charge is 0.318 e. The maximum atomic E-state index is 13.6. The van der Waals surface area contributed by atoms with Crippen molar-refractivity contribution in [2.24, 2.45) is 0 Å². The summed E-state index contributed by atoms with van der Waals surface area (Å²) in [5, 5.41) is 8.37. The van der Waals surface area contributed by atoms with Crippen LogP contribution in [0.25, 0.3) is 0 Å². The molecule has 2 heterocycles. The molecule has 0 aromatic heterocycles. The van der Waals surface area contributed by atoms with Gasteiger partial charge in [0.1, 0.15) is 5.54 Å². The summed E-state index contributed by atoms with van der Waals surface area (Å²) in [6, 6.07) is -1.27. The fourth-order valence-electron chi connectivity index (χ4n) is 4.73. The molecule has 3 aliphatic rings. The van der Waals surface area contributed by atoms with Gasteiger partial charge in [-0.05, 0) is 26.2 Å². The molecule has 3 N–H and O–H groups in total. The van der Waals surface area contributed by atoms with E-state index in [9.17, 15) is 19.2 Å². The fourth-order valence-corrected chi connectivity index (χ4v) is 4.73. The molecule has 0 bridgehead atoms. The number of morpholine rings is 1. The molecule has 0 spiro atoms. The van der Waals surface area contributed by atoms with Crippen molar-refractivity contribution in [1.29, 1.82) is 0 Å². The summed E-state index contributed by atoms with van der Waals surface area (Å²) in [4.78, 5) is 53.8. The van der Waals surface area contributed by atoms with Crippen LogP contribution >= 0.6 is 0 Å². The number of hydrogen-bond acceptors (Lipinski definition) is 7. The van der Waals surface area contributed by atoms with E-state index in [-0.39, 0.29) is 12.6 Å². The van der Waals surface area contributed by atoms with E-state index < -0.39 is 35.0 Å². The number of carbonyl (C=O) groups is 4. The van der Waals surface area contributed by atoms with Crippen LogP contribution in [-0.2, 0) is 28.6 Å². The fraction of sp³-hybridized carbons (Fsp3) is 0.833. The van der Waals surface area contributed by atoms with E-state index in [0.29, 0.717) is 65.2 Å². The molecule has 2 saturated heterocycles. The van der Waals surface area contributed by atoms with Crippen LogP contribution in [0.1, 0.15) is 65.2 Å². The van der Waals surface area contributed by atoms with Crippen LogP contribution in [0.4, 0.5) is 4.79 Å². The Morgan fingerprint density at radius 3 is 2.26 bits per heavy atom. The second-order valence-electron chi connectivity index (χ2n) is 9.72. The van der Waals surface area contributed by atoms with Gasteiger partial charge in [-0.15, -0.1) is 0 Å². The van der Waals surface area contributed by atoms with Crippen LogP contribution in [-0.4, -0.2) is 92.0 Å². The Labute approximate surface area is 207 Å². The molecule has 198 valence electrons. The third-order valence-corrected chi connectivity index (χ3v) is 6.95. The Morgan fingerprint density at radius 1 is 0.971 bits per heavy atom. The van der Waals surface area contributed by atoms with Crippen molar-refractivity contribution in [1.82, 2.24) is 20.9 Å². The second-order valence-corrected chi connectivity index (χ2v) is 9.72. The highest BCUT2D eigenvalue weighted by molar-refractivity contribution is 6.38. The number of ether oxygens (including phenoxy) is 3. The van der Waals surface area contributed by atoms with E-state index in [2.05, 4.69) is 16.0 Å². The van der Waals surface area contributed by atoms with Gasteiger partial charge in [-0.2, -0.15) is 0 Å². The highest BCUT2D eigenvalue weighted by Crippen LogP contribution is 2.29. The lowest BCUT2D eigenvalue weighted by atomic mass is 9.80. The lowest BCUT2D eigenvalue weighted by Gasteiger charge is -2.39. The monoisotopic (exact) mass is 496 g/mol. The Bertz CT molecular complexity index is 757. The minimum absolute atomic E-state index is 0.0333.